The van der Waals surface area contributed by atoms with Gasteiger partial charge in [0, 0.05) is 6.42 Å². The zero-order valence-electron chi connectivity index (χ0n) is 6.34. The molecule has 0 rings (SSSR count). The Morgan fingerprint density at radius 2 is 1.90 bits per heavy atom. The number of hydrogen-bond donors (Lipinski definition) is 0. The summed E-state index contributed by atoms with van der Waals surface area (Å²) in [6.07, 6.45) is 7.99. The Morgan fingerprint density at radius 3 is 2.50 bits per heavy atom. The normalized spacial score (nSPS) is 8.70. The third-order valence-corrected chi connectivity index (χ3v) is 1.41. The van der Waals surface area contributed by atoms with Crippen LogP contribution in [0.15, 0.2) is 6.08 Å². The van der Waals surface area contributed by atoms with Gasteiger partial charge >= 0.3 is 0 Å². The van der Waals surface area contributed by atoms with Gasteiger partial charge in [-0.3, -0.25) is 0 Å². The Morgan fingerprint density at radius 1 is 1.20 bits per heavy atom. The summed E-state index contributed by atoms with van der Waals surface area (Å²) >= 11 is 0. The van der Waals surface area contributed by atoms with Gasteiger partial charge in [0.05, 0.1) is 6.07 Å². The molecule has 0 aromatic heterocycles. The SMILES string of the molecule is [CH]=CCCCCCCC#N. The molecule has 0 atom stereocenters. The average molecular weight is 136 g/mol. The monoisotopic (exact) mass is 136 g/mol. The minimum absolute atomic E-state index is 0.701. The molecule has 55 valence electrons. The van der Waals surface area contributed by atoms with Gasteiger partial charge in [0.1, 0.15) is 0 Å². The fraction of sp³-hybridized carbons (Fsp3) is 0.667. The van der Waals surface area contributed by atoms with E-state index in [4.69, 9.17) is 11.8 Å². The smallest absolute Gasteiger partial charge is 0.0621 e. The van der Waals surface area contributed by atoms with Crippen molar-refractivity contribution in [1.29, 1.82) is 5.26 Å². The molecule has 1 radical (unpaired) electrons. The third-order valence-electron chi connectivity index (χ3n) is 1.41. The van der Waals surface area contributed by atoms with E-state index in [0.717, 1.165) is 12.8 Å². The van der Waals surface area contributed by atoms with Crippen molar-refractivity contribution >= 4 is 0 Å². The zero-order chi connectivity index (χ0) is 7.66. The first-order chi connectivity index (χ1) is 4.91. The molecule has 0 aliphatic heterocycles. The molecule has 1 heteroatoms. The lowest BCUT2D eigenvalue weighted by Crippen LogP contribution is -1.75. The van der Waals surface area contributed by atoms with E-state index < -0.39 is 0 Å². The number of hydrogen-bond acceptors (Lipinski definition) is 1. The average Bonchev–Trinajstić information content (AvgIpc) is 1.97. The molecular formula is C9H14N. The van der Waals surface area contributed by atoms with Gasteiger partial charge in [-0.05, 0) is 19.3 Å². The second kappa shape index (κ2) is 8.23. The maximum absolute atomic E-state index is 8.19. The first-order valence-corrected chi connectivity index (χ1v) is 3.82. The predicted molar refractivity (Wildman–Crippen MR) is 42.2 cm³/mol. The molecule has 0 spiro atoms. The van der Waals surface area contributed by atoms with Crippen molar-refractivity contribution in [2.75, 3.05) is 0 Å². The van der Waals surface area contributed by atoms with Crippen LogP contribution in [0.4, 0.5) is 0 Å². The van der Waals surface area contributed by atoms with Crippen LogP contribution in [0.5, 0.6) is 0 Å². The van der Waals surface area contributed by atoms with Crippen LogP contribution in [-0.4, -0.2) is 0 Å². The van der Waals surface area contributed by atoms with Crippen molar-refractivity contribution in [1.82, 2.24) is 0 Å². The van der Waals surface area contributed by atoms with Crippen molar-refractivity contribution in [2.45, 2.75) is 38.5 Å². The van der Waals surface area contributed by atoms with Crippen LogP contribution in [0.3, 0.4) is 0 Å². The van der Waals surface area contributed by atoms with Gasteiger partial charge < -0.3 is 0 Å². The summed E-state index contributed by atoms with van der Waals surface area (Å²) in [6.45, 7) is 5.19. The van der Waals surface area contributed by atoms with Gasteiger partial charge in [-0.1, -0.05) is 25.5 Å². The van der Waals surface area contributed by atoms with E-state index in [-0.39, 0.29) is 0 Å². The quantitative estimate of drug-likeness (QED) is 0.515. The third kappa shape index (κ3) is 7.23. The van der Waals surface area contributed by atoms with E-state index in [1.165, 1.54) is 19.3 Å². The van der Waals surface area contributed by atoms with E-state index in [9.17, 15) is 0 Å². The summed E-state index contributed by atoms with van der Waals surface area (Å²) in [5.41, 5.74) is 0. The predicted octanol–water partition coefficient (Wildman–Crippen LogP) is 2.84. The molecule has 10 heavy (non-hydrogen) atoms. The zero-order valence-corrected chi connectivity index (χ0v) is 6.34. The van der Waals surface area contributed by atoms with Gasteiger partial charge in [-0.2, -0.15) is 5.26 Å². The molecule has 1 nitrogen and oxygen atoms in total. The highest BCUT2D eigenvalue weighted by atomic mass is 14.2. The summed E-state index contributed by atoms with van der Waals surface area (Å²) in [4.78, 5) is 0. The fourth-order valence-corrected chi connectivity index (χ4v) is 0.820. The molecule has 0 unspecified atom stereocenters. The van der Waals surface area contributed by atoms with Gasteiger partial charge in [-0.15, -0.1) is 0 Å². The van der Waals surface area contributed by atoms with Crippen LogP contribution in [-0.2, 0) is 0 Å². The van der Waals surface area contributed by atoms with E-state index >= 15 is 0 Å². The largest absolute Gasteiger partial charge is 0.198 e. The van der Waals surface area contributed by atoms with Crippen molar-refractivity contribution in [3.8, 4) is 6.07 Å². The van der Waals surface area contributed by atoms with E-state index in [2.05, 4.69) is 6.07 Å². The van der Waals surface area contributed by atoms with Crippen LogP contribution < -0.4 is 0 Å². The van der Waals surface area contributed by atoms with Gasteiger partial charge in [0.2, 0.25) is 0 Å². The Hall–Kier alpha value is -0.770. The van der Waals surface area contributed by atoms with Crippen LogP contribution >= 0.6 is 0 Å². The Kier molecular flexibility index (Phi) is 7.60. The van der Waals surface area contributed by atoms with Crippen molar-refractivity contribution in [3.05, 3.63) is 12.7 Å². The standard InChI is InChI=1S/C9H14N/c1-2-3-4-5-6-7-8-9-10/h1-2H,3-8H2. The van der Waals surface area contributed by atoms with E-state index in [0.29, 0.717) is 6.42 Å². The fourth-order valence-electron chi connectivity index (χ4n) is 0.820. The highest BCUT2D eigenvalue weighted by molar-refractivity contribution is 4.68. The molecule has 0 N–H and O–H groups in total. The number of nitrogens with zero attached hydrogens (tertiary/aromatic N) is 1. The van der Waals surface area contributed by atoms with Gasteiger partial charge in [0.25, 0.3) is 0 Å². The van der Waals surface area contributed by atoms with Crippen LogP contribution in [0, 0.1) is 17.9 Å². The summed E-state index contributed by atoms with van der Waals surface area (Å²) in [5, 5.41) is 8.19. The molecule has 0 aromatic carbocycles. The number of unbranched alkanes of at least 4 members (excludes halogenated alkanes) is 5. The number of nitriles is 1. The van der Waals surface area contributed by atoms with E-state index in [1.807, 2.05) is 0 Å². The Balaban J connectivity index is 2.78. The minimum Gasteiger partial charge on any atom is -0.198 e. The van der Waals surface area contributed by atoms with Crippen LogP contribution in [0.25, 0.3) is 0 Å². The van der Waals surface area contributed by atoms with Gasteiger partial charge in [-0.25, -0.2) is 0 Å². The molecule has 0 amide bonds. The second-order valence-corrected chi connectivity index (χ2v) is 2.35. The molecule has 0 saturated carbocycles. The maximum Gasteiger partial charge on any atom is 0.0621 e. The molecular weight excluding hydrogens is 122 g/mol. The molecule has 0 saturated heterocycles. The van der Waals surface area contributed by atoms with Crippen molar-refractivity contribution in [2.24, 2.45) is 0 Å². The summed E-state index contributed by atoms with van der Waals surface area (Å²) in [5.74, 6) is 0. The molecule has 0 fully saturated rings. The highest BCUT2D eigenvalue weighted by Gasteiger charge is 1.86. The first-order valence-electron chi connectivity index (χ1n) is 3.82. The lowest BCUT2D eigenvalue weighted by molar-refractivity contribution is 0.655. The van der Waals surface area contributed by atoms with Gasteiger partial charge in [0.15, 0.2) is 0 Å². The summed E-state index contributed by atoms with van der Waals surface area (Å²) < 4.78 is 0. The number of rotatable bonds is 6. The van der Waals surface area contributed by atoms with Crippen molar-refractivity contribution < 1.29 is 0 Å². The van der Waals surface area contributed by atoms with Crippen LogP contribution in [0.1, 0.15) is 38.5 Å². The van der Waals surface area contributed by atoms with Crippen LogP contribution in [0.2, 0.25) is 0 Å². The Bertz CT molecular complexity index is 110. The highest BCUT2D eigenvalue weighted by Crippen LogP contribution is 2.04. The van der Waals surface area contributed by atoms with E-state index in [1.54, 1.807) is 6.08 Å². The molecule has 0 aliphatic carbocycles. The molecule has 0 heterocycles. The topological polar surface area (TPSA) is 23.8 Å². The summed E-state index contributed by atoms with van der Waals surface area (Å²) in [6, 6.07) is 2.13. The lowest BCUT2D eigenvalue weighted by Gasteiger charge is -1.93. The summed E-state index contributed by atoms with van der Waals surface area (Å²) in [7, 11) is 0. The molecule has 0 aliphatic rings. The molecule has 0 aromatic rings. The number of allylic oxidation sites excluding steroid dienone is 1. The second-order valence-electron chi connectivity index (χ2n) is 2.35. The maximum atomic E-state index is 8.19. The lowest BCUT2D eigenvalue weighted by atomic mass is 10.1. The minimum atomic E-state index is 0.701. The van der Waals surface area contributed by atoms with Crippen molar-refractivity contribution in [3.63, 3.8) is 0 Å². The molecule has 0 bridgehead atoms. The Labute approximate surface area is 63.4 Å². The first kappa shape index (κ1) is 9.23.